The highest BCUT2D eigenvalue weighted by molar-refractivity contribution is 6.30. The molecule has 0 N–H and O–H groups in total. The Morgan fingerprint density at radius 2 is 2.00 bits per heavy atom. The second kappa shape index (κ2) is 8.32. The second-order valence-electron chi connectivity index (χ2n) is 7.40. The lowest BCUT2D eigenvalue weighted by atomic mass is 9.97. The number of rotatable bonds is 6. The lowest BCUT2D eigenvalue weighted by Gasteiger charge is -2.26. The van der Waals surface area contributed by atoms with Gasteiger partial charge in [0.2, 0.25) is 0 Å². The van der Waals surface area contributed by atoms with Gasteiger partial charge in [0.25, 0.3) is 0 Å². The average Bonchev–Trinajstić information content (AvgIpc) is 3.10. The van der Waals surface area contributed by atoms with E-state index in [4.69, 9.17) is 16.6 Å². The van der Waals surface area contributed by atoms with Gasteiger partial charge in [-0.1, -0.05) is 30.2 Å². The van der Waals surface area contributed by atoms with E-state index in [1.165, 1.54) is 32.4 Å². The molecule has 0 amide bonds. The van der Waals surface area contributed by atoms with Crippen molar-refractivity contribution in [3.8, 4) is 0 Å². The molecule has 0 bridgehead atoms. The number of halogens is 1. The molecule has 0 unspecified atom stereocenters. The van der Waals surface area contributed by atoms with Gasteiger partial charge in [0, 0.05) is 47.4 Å². The number of piperidine rings is 1. The molecule has 3 heterocycles. The molecule has 0 aliphatic carbocycles. The zero-order chi connectivity index (χ0) is 18.6. The van der Waals surface area contributed by atoms with Gasteiger partial charge in [0.1, 0.15) is 0 Å². The number of likely N-dealkylation sites (tertiary alicyclic amines) is 1. The zero-order valence-corrected chi connectivity index (χ0v) is 16.2. The summed E-state index contributed by atoms with van der Waals surface area (Å²) in [5.74, 6) is 0.823. The van der Waals surface area contributed by atoms with Crippen LogP contribution in [0.3, 0.4) is 0 Å². The highest BCUT2D eigenvalue weighted by Gasteiger charge is 2.23. The minimum Gasteiger partial charge on any atom is -0.303 e. The van der Waals surface area contributed by atoms with Crippen LogP contribution >= 0.6 is 11.6 Å². The third-order valence-corrected chi connectivity index (χ3v) is 5.63. The predicted octanol–water partition coefficient (Wildman–Crippen LogP) is 4.67. The van der Waals surface area contributed by atoms with Gasteiger partial charge in [-0.05, 0) is 56.1 Å². The Morgan fingerprint density at radius 1 is 1.15 bits per heavy atom. The van der Waals surface area contributed by atoms with Gasteiger partial charge in [-0.15, -0.1) is 0 Å². The van der Waals surface area contributed by atoms with Crippen LogP contribution in [-0.2, 0) is 12.8 Å². The van der Waals surface area contributed by atoms with Crippen LogP contribution in [0.15, 0.2) is 41.5 Å². The van der Waals surface area contributed by atoms with Gasteiger partial charge in [-0.25, -0.2) is 9.98 Å². The van der Waals surface area contributed by atoms with Crippen LogP contribution in [0.5, 0.6) is 0 Å². The SMILES string of the molecule is O=C(Cc1cccc(Cl)c1)c1ccnc2c1CC(CCN1CCCCC1)=N2. The molecule has 0 atom stereocenters. The predicted molar refractivity (Wildman–Crippen MR) is 109 cm³/mol. The minimum absolute atomic E-state index is 0.100. The van der Waals surface area contributed by atoms with Crippen LogP contribution in [0, 0.1) is 0 Å². The van der Waals surface area contributed by atoms with Gasteiger partial charge in [-0.3, -0.25) is 4.79 Å². The van der Waals surface area contributed by atoms with E-state index in [1.807, 2.05) is 30.3 Å². The van der Waals surface area contributed by atoms with Crippen LogP contribution in [0.4, 0.5) is 5.82 Å². The molecule has 1 aromatic carbocycles. The van der Waals surface area contributed by atoms with Gasteiger partial charge in [0.05, 0.1) is 0 Å². The van der Waals surface area contributed by atoms with Crippen molar-refractivity contribution in [3.63, 3.8) is 0 Å². The Balaban J connectivity index is 1.42. The zero-order valence-electron chi connectivity index (χ0n) is 15.5. The molecule has 1 aromatic heterocycles. The molecular formula is C22H24ClN3O. The molecular weight excluding hydrogens is 358 g/mol. The molecule has 1 saturated heterocycles. The van der Waals surface area contributed by atoms with E-state index in [9.17, 15) is 4.79 Å². The minimum atomic E-state index is 0.100. The molecule has 2 aliphatic rings. The smallest absolute Gasteiger partial charge is 0.167 e. The fourth-order valence-electron chi connectivity index (χ4n) is 3.95. The van der Waals surface area contributed by atoms with Crippen LogP contribution in [-0.4, -0.2) is 41.0 Å². The Morgan fingerprint density at radius 3 is 2.81 bits per heavy atom. The summed E-state index contributed by atoms with van der Waals surface area (Å²) >= 11 is 6.04. The second-order valence-corrected chi connectivity index (χ2v) is 7.83. The van der Waals surface area contributed by atoms with Crippen molar-refractivity contribution < 1.29 is 4.79 Å². The van der Waals surface area contributed by atoms with Crippen LogP contribution < -0.4 is 0 Å². The third-order valence-electron chi connectivity index (χ3n) is 5.40. The normalized spacial score (nSPS) is 16.9. The van der Waals surface area contributed by atoms with E-state index in [-0.39, 0.29) is 5.78 Å². The molecule has 2 aliphatic heterocycles. The van der Waals surface area contributed by atoms with Crippen LogP contribution in [0.2, 0.25) is 5.02 Å². The number of aromatic nitrogens is 1. The third kappa shape index (κ3) is 4.45. The van der Waals surface area contributed by atoms with Crippen molar-refractivity contribution in [3.05, 3.63) is 58.2 Å². The quantitative estimate of drug-likeness (QED) is 0.683. The van der Waals surface area contributed by atoms with Crippen LogP contribution in [0.1, 0.15) is 47.2 Å². The lowest BCUT2D eigenvalue weighted by molar-refractivity contribution is 0.0992. The summed E-state index contributed by atoms with van der Waals surface area (Å²) in [6.07, 6.45) is 7.70. The topological polar surface area (TPSA) is 45.6 Å². The van der Waals surface area contributed by atoms with E-state index in [1.54, 1.807) is 6.20 Å². The van der Waals surface area contributed by atoms with Gasteiger partial charge in [-0.2, -0.15) is 0 Å². The monoisotopic (exact) mass is 381 g/mol. The summed E-state index contributed by atoms with van der Waals surface area (Å²) in [5, 5.41) is 0.656. The first-order chi connectivity index (χ1) is 13.2. The highest BCUT2D eigenvalue weighted by atomic mass is 35.5. The summed E-state index contributed by atoms with van der Waals surface area (Å²) in [5.41, 5.74) is 3.81. The fourth-order valence-corrected chi connectivity index (χ4v) is 4.16. The summed E-state index contributed by atoms with van der Waals surface area (Å²) in [6, 6.07) is 9.31. The molecule has 5 heteroatoms. The molecule has 0 radical (unpaired) electrons. The number of hydrogen-bond donors (Lipinski definition) is 0. The summed E-state index contributed by atoms with van der Waals surface area (Å²) < 4.78 is 0. The number of fused-ring (bicyclic) bond motifs is 1. The van der Waals surface area contributed by atoms with E-state index >= 15 is 0 Å². The number of pyridine rings is 1. The van der Waals surface area contributed by atoms with Gasteiger partial charge in [0.15, 0.2) is 11.6 Å². The Hall–Kier alpha value is -2.04. The van der Waals surface area contributed by atoms with Gasteiger partial charge >= 0.3 is 0 Å². The molecule has 140 valence electrons. The number of ketones is 1. The molecule has 0 saturated carbocycles. The van der Waals surface area contributed by atoms with E-state index in [2.05, 4.69) is 9.88 Å². The maximum atomic E-state index is 12.9. The molecule has 4 nitrogen and oxygen atoms in total. The number of aliphatic imine (C=N–C) groups is 1. The number of nitrogens with zero attached hydrogens (tertiary/aromatic N) is 3. The largest absolute Gasteiger partial charge is 0.303 e. The fraction of sp³-hybridized carbons (Fsp3) is 0.409. The van der Waals surface area contributed by atoms with Crippen LogP contribution in [0.25, 0.3) is 0 Å². The Labute approximate surface area is 165 Å². The molecule has 0 spiro atoms. The lowest BCUT2D eigenvalue weighted by Crippen LogP contribution is -2.31. The Kier molecular flexibility index (Phi) is 5.65. The number of hydrogen-bond acceptors (Lipinski definition) is 4. The van der Waals surface area contributed by atoms with E-state index in [0.717, 1.165) is 47.6 Å². The van der Waals surface area contributed by atoms with Crippen molar-refractivity contribution >= 4 is 28.9 Å². The number of carbonyl (C=O) groups excluding carboxylic acids is 1. The molecule has 2 aromatic rings. The first-order valence-electron chi connectivity index (χ1n) is 9.73. The van der Waals surface area contributed by atoms with Gasteiger partial charge < -0.3 is 4.90 Å². The maximum absolute atomic E-state index is 12.9. The molecule has 4 rings (SSSR count). The summed E-state index contributed by atoms with van der Waals surface area (Å²) in [7, 11) is 0. The Bertz CT molecular complexity index is 872. The number of carbonyl (C=O) groups is 1. The molecule has 1 fully saturated rings. The van der Waals surface area contributed by atoms with Crippen molar-refractivity contribution in [2.24, 2.45) is 4.99 Å². The first kappa shape index (κ1) is 18.3. The van der Waals surface area contributed by atoms with Crippen molar-refractivity contribution in [2.45, 2.75) is 38.5 Å². The molecule has 27 heavy (non-hydrogen) atoms. The van der Waals surface area contributed by atoms with Crippen molar-refractivity contribution in [2.75, 3.05) is 19.6 Å². The summed E-state index contributed by atoms with van der Waals surface area (Å²) in [6.45, 7) is 3.45. The van der Waals surface area contributed by atoms with E-state index in [0.29, 0.717) is 11.4 Å². The number of Topliss-reactive ketones (excluding diaryl/α,β-unsaturated/α-hetero) is 1. The number of benzene rings is 1. The first-order valence-corrected chi connectivity index (χ1v) is 10.1. The summed E-state index contributed by atoms with van der Waals surface area (Å²) in [4.78, 5) is 24.5. The highest BCUT2D eigenvalue weighted by Crippen LogP contribution is 2.29. The average molecular weight is 382 g/mol. The maximum Gasteiger partial charge on any atom is 0.167 e. The standard InChI is InChI=1S/C22H24ClN3O/c23-17-6-4-5-16(13-17)14-21(27)19-7-9-24-22-20(19)15-18(25-22)8-12-26-10-2-1-3-11-26/h4-7,9,13H,1-3,8,10-12,14-15H2. The van der Waals surface area contributed by atoms with Crippen molar-refractivity contribution in [1.29, 1.82) is 0 Å². The van der Waals surface area contributed by atoms with E-state index < -0.39 is 0 Å². The van der Waals surface area contributed by atoms with Crippen molar-refractivity contribution in [1.82, 2.24) is 9.88 Å².